The summed E-state index contributed by atoms with van der Waals surface area (Å²) >= 11 is 0. The Labute approximate surface area is 80.9 Å². The first-order valence-electron chi connectivity index (χ1n) is 3.98. The van der Waals surface area contributed by atoms with E-state index in [-0.39, 0.29) is 12.2 Å². The first-order valence-corrected chi connectivity index (χ1v) is 3.98. The van der Waals surface area contributed by atoms with Gasteiger partial charge in [0.25, 0.3) is 5.69 Å². The lowest BCUT2D eigenvalue weighted by Crippen LogP contribution is -2.04. The van der Waals surface area contributed by atoms with Crippen molar-refractivity contribution in [2.24, 2.45) is 5.73 Å². The highest BCUT2D eigenvalue weighted by Gasteiger charge is 2.17. The summed E-state index contributed by atoms with van der Waals surface area (Å²) in [5, 5.41) is 19.3. The van der Waals surface area contributed by atoms with E-state index in [1.165, 1.54) is 12.1 Å². The molecule has 0 spiro atoms. The van der Waals surface area contributed by atoms with Crippen LogP contribution in [0.5, 0.6) is 0 Å². The van der Waals surface area contributed by atoms with Gasteiger partial charge in [0.05, 0.1) is 16.6 Å². The van der Waals surface area contributed by atoms with Gasteiger partial charge in [-0.25, -0.2) is 0 Å². The molecule has 72 valence electrons. The van der Waals surface area contributed by atoms with E-state index in [0.29, 0.717) is 16.7 Å². The molecule has 0 aliphatic rings. The second kappa shape index (κ2) is 3.85. The largest absolute Gasteiger partial charge is 0.326 e. The third kappa shape index (κ3) is 1.70. The molecule has 5 nitrogen and oxygen atoms in total. The topological polar surface area (TPSA) is 93.0 Å². The van der Waals surface area contributed by atoms with Crippen molar-refractivity contribution in [2.75, 3.05) is 0 Å². The van der Waals surface area contributed by atoms with E-state index >= 15 is 0 Å². The number of nitrogens with two attached hydrogens (primary N) is 1. The van der Waals surface area contributed by atoms with Crippen molar-refractivity contribution in [3.63, 3.8) is 0 Å². The quantitative estimate of drug-likeness (QED) is 0.562. The SMILES string of the molecule is Cc1cc(C#N)cc(CN)c1[N+](=O)[O-]. The zero-order chi connectivity index (χ0) is 10.7. The number of nitro benzene ring substituents is 1. The van der Waals surface area contributed by atoms with Crippen LogP contribution in [0.15, 0.2) is 12.1 Å². The van der Waals surface area contributed by atoms with Gasteiger partial charge in [0, 0.05) is 17.7 Å². The van der Waals surface area contributed by atoms with Gasteiger partial charge in [-0.3, -0.25) is 10.1 Å². The summed E-state index contributed by atoms with van der Waals surface area (Å²) in [6, 6.07) is 4.86. The Morgan fingerprint density at radius 3 is 2.71 bits per heavy atom. The Hall–Kier alpha value is -1.93. The first-order chi connectivity index (χ1) is 6.60. The molecule has 0 fully saturated rings. The maximum Gasteiger partial charge on any atom is 0.276 e. The number of nitrogens with zero attached hydrogens (tertiary/aromatic N) is 2. The molecule has 0 unspecified atom stereocenters. The van der Waals surface area contributed by atoms with Crippen LogP contribution >= 0.6 is 0 Å². The molecule has 0 heterocycles. The number of rotatable bonds is 2. The van der Waals surface area contributed by atoms with E-state index in [9.17, 15) is 10.1 Å². The zero-order valence-corrected chi connectivity index (χ0v) is 7.65. The minimum atomic E-state index is -0.474. The normalized spacial score (nSPS) is 9.50. The van der Waals surface area contributed by atoms with Crippen molar-refractivity contribution in [1.82, 2.24) is 0 Å². The standard InChI is InChI=1S/C9H9N3O2/c1-6-2-7(4-10)3-8(5-11)9(6)12(13)14/h2-3H,5,11H2,1H3. The predicted octanol–water partition coefficient (Wildman–Crippen LogP) is 1.23. The fourth-order valence-electron chi connectivity index (χ4n) is 1.33. The lowest BCUT2D eigenvalue weighted by Gasteiger charge is -2.03. The van der Waals surface area contributed by atoms with Crippen molar-refractivity contribution >= 4 is 5.69 Å². The van der Waals surface area contributed by atoms with Gasteiger partial charge < -0.3 is 5.73 Å². The summed E-state index contributed by atoms with van der Waals surface area (Å²) in [6.45, 7) is 1.66. The number of aryl methyl sites for hydroxylation is 1. The lowest BCUT2D eigenvalue weighted by molar-refractivity contribution is -0.386. The smallest absolute Gasteiger partial charge is 0.276 e. The van der Waals surface area contributed by atoms with E-state index in [2.05, 4.69) is 0 Å². The highest BCUT2D eigenvalue weighted by Crippen LogP contribution is 2.24. The van der Waals surface area contributed by atoms with Crippen molar-refractivity contribution in [1.29, 1.82) is 5.26 Å². The van der Waals surface area contributed by atoms with E-state index in [0.717, 1.165) is 0 Å². The number of hydrogen-bond donors (Lipinski definition) is 1. The minimum Gasteiger partial charge on any atom is -0.326 e. The summed E-state index contributed by atoms with van der Waals surface area (Å²) in [4.78, 5) is 10.2. The number of benzene rings is 1. The zero-order valence-electron chi connectivity index (χ0n) is 7.65. The van der Waals surface area contributed by atoms with Gasteiger partial charge in [-0.2, -0.15) is 5.26 Å². The second-order valence-electron chi connectivity index (χ2n) is 2.87. The lowest BCUT2D eigenvalue weighted by atomic mass is 10.0. The summed E-state index contributed by atoms with van der Waals surface area (Å²) in [7, 11) is 0. The molecule has 2 N–H and O–H groups in total. The van der Waals surface area contributed by atoms with Crippen LogP contribution in [0, 0.1) is 28.4 Å². The van der Waals surface area contributed by atoms with Crippen LogP contribution in [0.1, 0.15) is 16.7 Å². The molecule has 0 saturated heterocycles. The molecule has 1 rings (SSSR count). The van der Waals surface area contributed by atoms with Gasteiger partial charge in [-0.15, -0.1) is 0 Å². The summed E-state index contributed by atoms with van der Waals surface area (Å²) < 4.78 is 0. The summed E-state index contributed by atoms with van der Waals surface area (Å²) in [6.07, 6.45) is 0. The summed E-state index contributed by atoms with van der Waals surface area (Å²) in [5.41, 5.74) is 6.63. The van der Waals surface area contributed by atoms with E-state index in [4.69, 9.17) is 11.0 Å². The molecular formula is C9H9N3O2. The van der Waals surface area contributed by atoms with Gasteiger partial charge in [0.2, 0.25) is 0 Å². The Balaban J connectivity index is 3.44. The Morgan fingerprint density at radius 1 is 1.64 bits per heavy atom. The van der Waals surface area contributed by atoms with Crippen LogP contribution in [0.2, 0.25) is 0 Å². The molecule has 0 saturated carbocycles. The van der Waals surface area contributed by atoms with Gasteiger partial charge in [-0.05, 0) is 19.1 Å². The highest BCUT2D eigenvalue weighted by atomic mass is 16.6. The van der Waals surface area contributed by atoms with E-state index in [1.54, 1.807) is 6.92 Å². The maximum absolute atomic E-state index is 10.7. The first kappa shape index (κ1) is 10.2. The fourth-order valence-corrected chi connectivity index (χ4v) is 1.33. The molecule has 0 radical (unpaired) electrons. The van der Waals surface area contributed by atoms with Crippen molar-refractivity contribution in [2.45, 2.75) is 13.5 Å². The van der Waals surface area contributed by atoms with Gasteiger partial charge >= 0.3 is 0 Å². The second-order valence-corrected chi connectivity index (χ2v) is 2.87. The van der Waals surface area contributed by atoms with Crippen LogP contribution in [-0.4, -0.2) is 4.92 Å². The molecule has 0 bridgehead atoms. The van der Waals surface area contributed by atoms with Crippen LogP contribution < -0.4 is 5.73 Å². The monoisotopic (exact) mass is 191 g/mol. The average molecular weight is 191 g/mol. The third-order valence-electron chi connectivity index (χ3n) is 1.91. The number of nitriles is 1. The molecule has 1 aromatic carbocycles. The van der Waals surface area contributed by atoms with Crippen LogP contribution in [0.3, 0.4) is 0 Å². The van der Waals surface area contributed by atoms with Crippen molar-refractivity contribution < 1.29 is 4.92 Å². The third-order valence-corrected chi connectivity index (χ3v) is 1.91. The van der Waals surface area contributed by atoms with E-state index in [1.807, 2.05) is 6.07 Å². The molecule has 0 aliphatic heterocycles. The Bertz CT molecular complexity index is 421. The predicted molar refractivity (Wildman–Crippen MR) is 50.4 cm³/mol. The molecular weight excluding hydrogens is 182 g/mol. The van der Waals surface area contributed by atoms with Crippen LogP contribution in [-0.2, 0) is 6.54 Å². The number of nitro groups is 1. The fraction of sp³-hybridized carbons (Fsp3) is 0.222. The van der Waals surface area contributed by atoms with Gasteiger partial charge in [0.15, 0.2) is 0 Å². The number of hydrogen-bond acceptors (Lipinski definition) is 4. The molecule has 0 amide bonds. The Morgan fingerprint density at radius 2 is 2.29 bits per heavy atom. The molecule has 0 atom stereocenters. The molecule has 5 heteroatoms. The van der Waals surface area contributed by atoms with Crippen LogP contribution in [0.4, 0.5) is 5.69 Å². The minimum absolute atomic E-state index is 0.00602. The molecule has 0 aliphatic carbocycles. The molecule has 14 heavy (non-hydrogen) atoms. The van der Waals surface area contributed by atoms with Gasteiger partial charge in [0.1, 0.15) is 0 Å². The van der Waals surface area contributed by atoms with Crippen molar-refractivity contribution in [3.8, 4) is 6.07 Å². The maximum atomic E-state index is 10.7. The molecule has 1 aromatic rings. The highest BCUT2D eigenvalue weighted by molar-refractivity contribution is 5.52. The Kier molecular flexibility index (Phi) is 2.79. The van der Waals surface area contributed by atoms with Gasteiger partial charge in [-0.1, -0.05) is 0 Å². The molecule has 0 aromatic heterocycles. The summed E-state index contributed by atoms with van der Waals surface area (Å²) in [5.74, 6) is 0. The van der Waals surface area contributed by atoms with E-state index < -0.39 is 4.92 Å². The van der Waals surface area contributed by atoms with Crippen molar-refractivity contribution in [3.05, 3.63) is 38.9 Å². The van der Waals surface area contributed by atoms with Crippen LogP contribution in [0.25, 0.3) is 0 Å². The average Bonchev–Trinajstić information content (AvgIpc) is 2.15.